The summed E-state index contributed by atoms with van der Waals surface area (Å²) in [5, 5.41) is 3.20. The molecule has 0 atom stereocenters. The Labute approximate surface area is 124 Å². The minimum Gasteiger partial charge on any atom is -0.321 e. The van der Waals surface area contributed by atoms with Gasteiger partial charge < -0.3 is 5.32 Å². The highest BCUT2D eigenvalue weighted by atomic mass is 35.5. The molecular weight excluding hydrogens is 308 g/mol. The van der Waals surface area contributed by atoms with Crippen LogP contribution in [-0.2, 0) is 0 Å². The van der Waals surface area contributed by atoms with E-state index in [-0.39, 0.29) is 15.5 Å². The molecule has 0 saturated heterocycles. The molecule has 2 nitrogen and oxygen atoms in total. The fourth-order valence-electron chi connectivity index (χ4n) is 1.45. The number of hydrogen-bond donors (Lipinski definition) is 2. The first kappa shape index (κ1) is 14.2. The van der Waals surface area contributed by atoms with Crippen LogP contribution in [0.2, 0.25) is 10.0 Å². The lowest BCUT2D eigenvalue weighted by atomic mass is 10.2. The number of halogens is 3. The van der Waals surface area contributed by atoms with Crippen LogP contribution in [-0.4, -0.2) is 5.91 Å². The van der Waals surface area contributed by atoms with Crippen molar-refractivity contribution in [2.24, 2.45) is 0 Å². The highest BCUT2D eigenvalue weighted by Gasteiger charge is 2.11. The van der Waals surface area contributed by atoms with Crippen molar-refractivity contribution in [1.29, 1.82) is 0 Å². The van der Waals surface area contributed by atoms with Gasteiger partial charge in [0.15, 0.2) is 0 Å². The number of carbonyl (C=O) groups excluding carboxylic acids is 1. The summed E-state index contributed by atoms with van der Waals surface area (Å²) in [6.45, 7) is 0. The van der Waals surface area contributed by atoms with E-state index in [4.69, 9.17) is 23.2 Å². The van der Waals surface area contributed by atoms with E-state index in [9.17, 15) is 9.18 Å². The first-order chi connectivity index (χ1) is 8.99. The van der Waals surface area contributed by atoms with Gasteiger partial charge >= 0.3 is 0 Å². The Balaban J connectivity index is 2.26. The van der Waals surface area contributed by atoms with Crippen molar-refractivity contribution in [2.75, 3.05) is 5.32 Å². The average Bonchev–Trinajstić information content (AvgIpc) is 2.38. The van der Waals surface area contributed by atoms with E-state index >= 15 is 0 Å². The molecule has 1 N–H and O–H groups in total. The summed E-state index contributed by atoms with van der Waals surface area (Å²) in [6, 6.07) is 8.78. The van der Waals surface area contributed by atoms with E-state index < -0.39 is 11.7 Å². The zero-order valence-electron chi connectivity index (χ0n) is 9.45. The Bertz CT molecular complexity index is 649. The summed E-state index contributed by atoms with van der Waals surface area (Å²) in [7, 11) is 0. The van der Waals surface area contributed by atoms with Crippen molar-refractivity contribution >= 4 is 47.4 Å². The molecule has 0 aliphatic rings. The normalized spacial score (nSPS) is 10.3. The second kappa shape index (κ2) is 5.82. The number of benzene rings is 2. The molecule has 0 fully saturated rings. The van der Waals surface area contributed by atoms with E-state index in [2.05, 4.69) is 17.9 Å². The molecule has 0 heterocycles. The predicted octanol–water partition coefficient (Wildman–Crippen LogP) is 4.67. The van der Waals surface area contributed by atoms with Crippen LogP contribution < -0.4 is 5.32 Å². The SMILES string of the molecule is O=C(Nc1cccc(Cl)c1Cl)c1ccc(F)c(S)c1. The summed E-state index contributed by atoms with van der Waals surface area (Å²) in [4.78, 5) is 12.1. The van der Waals surface area contributed by atoms with Gasteiger partial charge in [-0.05, 0) is 30.3 Å². The minimum atomic E-state index is -0.485. The quantitative estimate of drug-likeness (QED) is 0.774. The first-order valence-corrected chi connectivity index (χ1v) is 6.43. The summed E-state index contributed by atoms with van der Waals surface area (Å²) in [5.74, 6) is -0.903. The molecular formula is C13H8Cl2FNOS. The van der Waals surface area contributed by atoms with Gasteiger partial charge in [-0.25, -0.2) is 4.39 Å². The van der Waals surface area contributed by atoms with Crippen LogP contribution in [0.3, 0.4) is 0 Å². The summed E-state index contributed by atoms with van der Waals surface area (Å²) < 4.78 is 13.1. The fraction of sp³-hybridized carbons (Fsp3) is 0. The molecule has 1 amide bonds. The van der Waals surface area contributed by atoms with E-state index in [1.807, 2.05) is 0 Å². The third-order valence-electron chi connectivity index (χ3n) is 2.41. The molecule has 0 aliphatic carbocycles. The molecule has 0 aromatic heterocycles. The molecule has 0 unspecified atom stereocenters. The summed E-state index contributed by atoms with van der Waals surface area (Å²) >= 11 is 15.7. The molecule has 19 heavy (non-hydrogen) atoms. The van der Waals surface area contributed by atoms with Gasteiger partial charge in [-0.3, -0.25) is 4.79 Å². The molecule has 0 saturated carbocycles. The third kappa shape index (κ3) is 3.21. The number of rotatable bonds is 2. The predicted molar refractivity (Wildman–Crippen MR) is 78.1 cm³/mol. The molecule has 2 rings (SSSR count). The van der Waals surface area contributed by atoms with Crippen LogP contribution in [0.15, 0.2) is 41.3 Å². The van der Waals surface area contributed by atoms with Crippen molar-refractivity contribution in [3.05, 3.63) is 57.8 Å². The van der Waals surface area contributed by atoms with E-state index in [0.717, 1.165) is 0 Å². The first-order valence-electron chi connectivity index (χ1n) is 5.23. The number of amides is 1. The van der Waals surface area contributed by atoms with Crippen LogP contribution in [0.25, 0.3) is 0 Å². The van der Waals surface area contributed by atoms with Crippen LogP contribution in [0.4, 0.5) is 10.1 Å². The molecule has 98 valence electrons. The lowest BCUT2D eigenvalue weighted by Crippen LogP contribution is -2.12. The van der Waals surface area contributed by atoms with Crippen LogP contribution in [0.1, 0.15) is 10.4 Å². The maximum absolute atomic E-state index is 13.1. The van der Waals surface area contributed by atoms with Crippen LogP contribution in [0, 0.1) is 5.82 Å². The van der Waals surface area contributed by atoms with Crippen LogP contribution >= 0.6 is 35.8 Å². The van der Waals surface area contributed by atoms with Crippen molar-refractivity contribution in [1.82, 2.24) is 0 Å². The third-order valence-corrected chi connectivity index (χ3v) is 3.57. The number of anilines is 1. The fourth-order valence-corrected chi connectivity index (χ4v) is 2.01. The number of carbonyl (C=O) groups is 1. The van der Waals surface area contributed by atoms with Gasteiger partial charge in [-0.15, -0.1) is 12.6 Å². The molecule has 0 aliphatic heterocycles. The van der Waals surface area contributed by atoms with Gasteiger partial charge in [0.25, 0.3) is 5.91 Å². The van der Waals surface area contributed by atoms with Gasteiger partial charge in [0.05, 0.1) is 15.7 Å². The maximum Gasteiger partial charge on any atom is 0.255 e. The Morgan fingerprint density at radius 2 is 1.95 bits per heavy atom. The minimum absolute atomic E-state index is 0.102. The molecule has 2 aromatic rings. The molecule has 0 bridgehead atoms. The lowest BCUT2D eigenvalue weighted by molar-refractivity contribution is 0.102. The number of hydrogen-bond acceptors (Lipinski definition) is 2. The summed E-state index contributed by atoms with van der Waals surface area (Å²) in [6.07, 6.45) is 0. The average molecular weight is 316 g/mol. The van der Waals surface area contributed by atoms with E-state index in [0.29, 0.717) is 10.7 Å². The number of thiol groups is 1. The van der Waals surface area contributed by atoms with Crippen LogP contribution in [0.5, 0.6) is 0 Å². The molecule has 0 spiro atoms. The van der Waals surface area contributed by atoms with Crippen molar-refractivity contribution in [2.45, 2.75) is 4.90 Å². The Morgan fingerprint density at radius 3 is 2.63 bits per heavy atom. The highest BCUT2D eigenvalue weighted by Crippen LogP contribution is 2.29. The smallest absolute Gasteiger partial charge is 0.255 e. The van der Waals surface area contributed by atoms with Gasteiger partial charge in [0, 0.05) is 10.5 Å². The molecule has 0 radical (unpaired) electrons. The van der Waals surface area contributed by atoms with Crippen molar-refractivity contribution < 1.29 is 9.18 Å². The second-order valence-corrected chi connectivity index (χ2v) is 4.99. The van der Waals surface area contributed by atoms with Gasteiger partial charge in [0.2, 0.25) is 0 Å². The Hall–Kier alpha value is -1.23. The zero-order chi connectivity index (χ0) is 14.0. The second-order valence-electron chi connectivity index (χ2n) is 3.72. The largest absolute Gasteiger partial charge is 0.321 e. The summed E-state index contributed by atoms with van der Waals surface area (Å²) in [5.41, 5.74) is 0.673. The van der Waals surface area contributed by atoms with Crippen molar-refractivity contribution in [3.8, 4) is 0 Å². The topological polar surface area (TPSA) is 29.1 Å². The monoisotopic (exact) mass is 315 g/mol. The Morgan fingerprint density at radius 1 is 1.21 bits per heavy atom. The maximum atomic E-state index is 13.1. The van der Waals surface area contributed by atoms with Gasteiger partial charge in [-0.1, -0.05) is 29.3 Å². The molecule has 2 aromatic carbocycles. The zero-order valence-corrected chi connectivity index (χ0v) is 11.9. The highest BCUT2D eigenvalue weighted by molar-refractivity contribution is 7.80. The van der Waals surface area contributed by atoms with Gasteiger partial charge in [0.1, 0.15) is 5.82 Å². The Kier molecular flexibility index (Phi) is 4.34. The lowest BCUT2D eigenvalue weighted by Gasteiger charge is -2.08. The van der Waals surface area contributed by atoms with E-state index in [1.54, 1.807) is 18.2 Å². The van der Waals surface area contributed by atoms with E-state index in [1.165, 1.54) is 18.2 Å². The standard InChI is InChI=1S/C13H8Cl2FNOS/c14-8-2-1-3-10(12(8)15)17-13(18)7-4-5-9(16)11(19)6-7/h1-6,19H,(H,17,18). The van der Waals surface area contributed by atoms with Gasteiger partial charge in [-0.2, -0.15) is 0 Å². The number of nitrogens with one attached hydrogen (secondary N) is 1. The van der Waals surface area contributed by atoms with Crippen molar-refractivity contribution in [3.63, 3.8) is 0 Å². The molecule has 6 heteroatoms.